The van der Waals surface area contributed by atoms with Crippen LogP contribution < -0.4 is 0 Å². The normalized spacial score (nSPS) is 18.4. The number of Topliss-reactive ketones (excluding diaryl/α,β-unsaturated/α-hetero) is 1. The molecule has 0 saturated heterocycles. The van der Waals surface area contributed by atoms with E-state index in [0.29, 0.717) is 0 Å². The van der Waals surface area contributed by atoms with Crippen molar-refractivity contribution in [1.29, 1.82) is 0 Å². The van der Waals surface area contributed by atoms with Gasteiger partial charge in [0.25, 0.3) is 0 Å². The van der Waals surface area contributed by atoms with E-state index in [9.17, 15) is 4.79 Å². The summed E-state index contributed by atoms with van der Waals surface area (Å²) in [5, 5.41) is 43.1. The predicted octanol–water partition coefficient (Wildman–Crippen LogP) is -3.38. The first-order chi connectivity index (χ1) is 5.54. The third kappa shape index (κ3) is 2.84. The third-order valence-corrected chi connectivity index (χ3v) is 1.39. The van der Waals surface area contributed by atoms with E-state index in [1.54, 1.807) is 0 Å². The SMILES string of the molecule is O=C([13CH2]O)[C@@H](O)[C@H](O)[C@H](O)[13CH2]O. The van der Waals surface area contributed by atoms with Crippen LogP contribution in [0.3, 0.4) is 0 Å². The molecule has 0 bridgehead atoms. The van der Waals surface area contributed by atoms with Crippen LogP contribution in [0.25, 0.3) is 0 Å². The zero-order valence-corrected chi connectivity index (χ0v) is 6.29. The number of hydrogen-bond acceptors (Lipinski definition) is 6. The van der Waals surface area contributed by atoms with Gasteiger partial charge in [-0.3, -0.25) is 4.79 Å². The Balaban J connectivity index is 4.08. The summed E-state index contributed by atoms with van der Waals surface area (Å²) in [6.07, 6.45) is -5.22. The fourth-order valence-electron chi connectivity index (χ4n) is 0.602. The molecule has 6 nitrogen and oxygen atoms in total. The molecule has 0 heterocycles. The molecule has 0 spiro atoms. The van der Waals surface area contributed by atoms with E-state index < -0.39 is 37.3 Å². The van der Waals surface area contributed by atoms with Gasteiger partial charge in [-0.25, -0.2) is 0 Å². The van der Waals surface area contributed by atoms with Crippen LogP contribution in [0.2, 0.25) is 0 Å². The number of rotatable bonds is 5. The van der Waals surface area contributed by atoms with E-state index in [0.717, 1.165) is 0 Å². The van der Waals surface area contributed by atoms with Gasteiger partial charge in [-0.15, -0.1) is 0 Å². The largest absolute Gasteiger partial charge is 0.394 e. The molecule has 0 aromatic heterocycles. The summed E-state index contributed by atoms with van der Waals surface area (Å²) in [4.78, 5) is 10.5. The molecule has 0 aliphatic heterocycles. The third-order valence-electron chi connectivity index (χ3n) is 1.39. The summed E-state index contributed by atoms with van der Waals surface area (Å²) in [6.45, 7) is -1.69. The second-order valence-electron chi connectivity index (χ2n) is 2.31. The Morgan fingerprint density at radius 1 is 1.17 bits per heavy atom. The highest BCUT2D eigenvalue weighted by Crippen LogP contribution is 2.00. The lowest BCUT2D eigenvalue weighted by atomic mass is 10.1. The zero-order chi connectivity index (χ0) is 9.72. The van der Waals surface area contributed by atoms with Crippen LogP contribution in [0.15, 0.2) is 0 Å². The lowest BCUT2D eigenvalue weighted by Gasteiger charge is -2.19. The molecule has 12 heavy (non-hydrogen) atoms. The number of hydrogen-bond donors (Lipinski definition) is 5. The summed E-state index contributed by atoms with van der Waals surface area (Å²) in [5.74, 6) is -1.00. The molecule has 6 heteroatoms. The Labute approximate surface area is 68.7 Å². The van der Waals surface area contributed by atoms with Crippen molar-refractivity contribution in [2.24, 2.45) is 0 Å². The van der Waals surface area contributed by atoms with Crippen molar-refractivity contribution >= 4 is 5.78 Å². The van der Waals surface area contributed by atoms with Gasteiger partial charge in [0.05, 0.1) is 6.61 Å². The molecule has 0 aromatic carbocycles. The molecule has 0 amide bonds. The predicted molar refractivity (Wildman–Crippen MR) is 37.2 cm³/mol. The first-order valence-electron chi connectivity index (χ1n) is 3.33. The van der Waals surface area contributed by atoms with Crippen LogP contribution in [0.5, 0.6) is 0 Å². The van der Waals surface area contributed by atoms with Crippen molar-refractivity contribution in [3.8, 4) is 0 Å². The van der Waals surface area contributed by atoms with Gasteiger partial charge in [0.15, 0.2) is 5.78 Å². The van der Waals surface area contributed by atoms with E-state index in [1.807, 2.05) is 0 Å². The highest BCUT2D eigenvalue weighted by Gasteiger charge is 2.28. The summed E-state index contributed by atoms with van der Waals surface area (Å²) in [5.41, 5.74) is 0. The summed E-state index contributed by atoms with van der Waals surface area (Å²) >= 11 is 0. The maximum absolute atomic E-state index is 10.5. The molecule has 0 radical (unpaired) electrons. The lowest BCUT2D eigenvalue weighted by molar-refractivity contribution is -0.142. The molecule has 0 rings (SSSR count). The monoisotopic (exact) mass is 182 g/mol. The summed E-state index contributed by atoms with van der Waals surface area (Å²) in [6, 6.07) is 0. The fourth-order valence-corrected chi connectivity index (χ4v) is 0.602. The van der Waals surface area contributed by atoms with E-state index in [2.05, 4.69) is 0 Å². The Bertz CT molecular complexity index is 147. The van der Waals surface area contributed by atoms with Crippen LogP contribution in [0.1, 0.15) is 0 Å². The maximum Gasteiger partial charge on any atom is 0.189 e. The van der Waals surface area contributed by atoms with Gasteiger partial charge >= 0.3 is 0 Å². The zero-order valence-electron chi connectivity index (χ0n) is 6.29. The van der Waals surface area contributed by atoms with Gasteiger partial charge in [-0.1, -0.05) is 0 Å². The average Bonchev–Trinajstić information content (AvgIpc) is 2.12. The van der Waals surface area contributed by atoms with Crippen molar-refractivity contribution in [3.05, 3.63) is 0 Å². The highest BCUT2D eigenvalue weighted by atomic mass is 16.4. The number of carbonyl (C=O) groups is 1. The first kappa shape index (κ1) is 11.5. The second kappa shape index (κ2) is 5.18. The lowest BCUT2D eigenvalue weighted by Crippen LogP contribution is -2.44. The second-order valence-corrected chi connectivity index (χ2v) is 2.31. The molecular weight excluding hydrogens is 170 g/mol. The molecule has 3 atom stereocenters. The summed E-state index contributed by atoms with van der Waals surface area (Å²) < 4.78 is 0. The molecule has 0 aromatic rings. The molecular formula is C6H12O6. The van der Waals surface area contributed by atoms with Crippen molar-refractivity contribution in [2.75, 3.05) is 13.2 Å². The van der Waals surface area contributed by atoms with Crippen LogP contribution in [-0.4, -0.2) is 62.8 Å². The number of aliphatic hydroxyl groups excluding tert-OH is 5. The Hall–Kier alpha value is -0.530. The van der Waals surface area contributed by atoms with Gasteiger partial charge in [0.2, 0.25) is 0 Å². The molecule has 0 unspecified atom stereocenters. The van der Waals surface area contributed by atoms with Crippen LogP contribution >= 0.6 is 0 Å². The Kier molecular flexibility index (Phi) is 4.95. The minimum Gasteiger partial charge on any atom is -0.394 e. The quantitative estimate of drug-likeness (QED) is 0.283. The van der Waals surface area contributed by atoms with Gasteiger partial charge < -0.3 is 25.5 Å². The van der Waals surface area contributed by atoms with Crippen LogP contribution in [-0.2, 0) is 4.79 Å². The molecule has 0 fully saturated rings. The van der Waals surface area contributed by atoms with Crippen molar-refractivity contribution < 1.29 is 30.3 Å². The van der Waals surface area contributed by atoms with Gasteiger partial charge in [0, 0.05) is 0 Å². The van der Waals surface area contributed by atoms with Crippen LogP contribution in [0.4, 0.5) is 0 Å². The smallest absolute Gasteiger partial charge is 0.189 e. The van der Waals surface area contributed by atoms with Crippen molar-refractivity contribution in [2.45, 2.75) is 18.3 Å². The minimum atomic E-state index is -1.86. The van der Waals surface area contributed by atoms with Gasteiger partial charge in [0.1, 0.15) is 24.9 Å². The molecule has 0 aliphatic carbocycles. The van der Waals surface area contributed by atoms with E-state index in [1.165, 1.54) is 0 Å². The van der Waals surface area contributed by atoms with Gasteiger partial charge in [-0.05, 0) is 0 Å². The molecule has 5 N–H and O–H groups in total. The topological polar surface area (TPSA) is 118 Å². The van der Waals surface area contributed by atoms with E-state index in [4.69, 9.17) is 25.5 Å². The van der Waals surface area contributed by atoms with Crippen molar-refractivity contribution in [3.63, 3.8) is 0 Å². The molecule has 0 saturated carbocycles. The average molecular weight is 182 g/mol. The summed E-state index contributed by atoms with van der Waals surface area (Å²) in [7, 11) is 0. The standard InChI is InChI=1S/C6H12O6/c7-1-3(9)5(11)6(12)4(10)2-8/h3,5-9,11-12H,1-2H2/t3-,5-,6-/m1/s1/i1+1,2+1. The number of aliphatic hydroxyl groups is 5. The Morgan fingerprint density at radius 3 is 2.00 bits per heavy atom. The van der Waals surface area contributed by atoms with Crippen LogP contribution in [0, 0.1) is 0 Å². The number of ketones is 1. The van der Waals surface area contributed by atoms with Gasteiger partial charge in [-0.2, -0.15) is 0 Å². The first-order valence-corrected chi connectivity index (χ1v) is 3.33. The fraction of sp³-hybridized carbons (Fsp3) is 0.833. The minimum absolute atomic E-state index is 0.767. The molecule has 72 valence electrons. The highest BCUT2D eigenvalue weighted by molar-refractivity contribution is 5.84. The number of carbonyl (C=O) groups excluding carboxylic acids is 1. The molecule has 0 aliphatic rings. The van der Waals surface area contributed by atoms with Crippen molar-refractivity contribution in [1.82, 2.24) is 0 Å². The van der Waals surface area contributed by atoms with E-state index >= 15 is 0 Å². The Morgan fingerprint density at radius 2 is 1.67 bits per heavy atom. The van der Waals surface area contributed by atoms with E-state index in [-0.39, 0.29) is 0 Å². The maximum atomic E-state index is 10.5.